The van der Waals surface area contributed by atoms with Crippen LogP contribution in [0.15, 0.2) is 47.4 Å². The van der Waals surface area contributed by atoms with Gasteiger partial charge in [0.05, 0.1) is 28.3 Å². The largest absolute Gasteiger partial charge is 0.379 e. The van der Waals surface area contributed by atoms with Gasteiger partial charge in [0.15, 0.2) is 15.0 Å². The summed E-state index contributed by atoms with van der Waals surface area (Å²) in [6.45, 7) is 6.19. The minimum Gasteiger partial charge on any atom is -0.379 e. The smallest absolute Gasteiger partial charge is 0.260 e. The minimum atomic E-state index is -3.41. The first-order valence-corrected chi connectivity index (χ1v) is 12.8. The fourth-order valence-electron chi connectivity index (χ4n) is 3.50. The second-order valence-electron chi connectivity index (χ2n) is 7.68. The lowest BCUT2D eigenvalue weighted by Crippen LogP contribution is -2.43. The number of hydrogen-bond donors (Lipinski definition) is 0. The SMILES string of the molecule is Cc1ccc2nc(N(CCN3CCOCC3)C(=O)c3cccc(S(C)(=O)=O)c3)sc2c1. The fourth-order valence-corrected chi connectivity index (χ4v) is 5.26. The Morgan fingerprint density at radius 3 is 2.71 bits per heavy atom. The van der Waals surface area contributed by atoms with Gasteiger partial charge in [-0.25, -0.2) is 13.4 Å². The maximum atomic E-state index is 13.5. The number of aryl methyl sites for hydroxylation is 1. The van der Waals surface area contributed by atoms with Gasteiger partial charge < -0.3 is 4.74 Å². The molecular weight excluding hydrogens is 434 g/mol. The Morgan fingerprint density at radius 2 is 1.97 bits per heavy atom. The highest BCUT2D eigenvalue weighted by Gasteiger charge is 2.24. The number of amides is 1. The Hall–Kier alpha value is -2.33. The maximum Gasteiger partial charge on any atom is 0.260 e. The third kappa shape index (κ3) is 5.12. The van der Waals surface area contributed by atoms with Crippen molar-refractivity contribution in [2.75, 3.05) is 50.5 Å². The Bertz CT molecular complexity index is 1200. The van der Waals surface area contributed by atoms with Crippen LogP contribution in [-0.2, 0) is 14.6 Å². The Morgan fingerprint density at radius 1 is 1.19 bits per heavy atom. The highest BCUT2D eigenvalue weighted by Crippen LogP contribution is 2.30. The molecule has 9 heteroatoms. The van der Waals surface area contributed by atoms with Gasteiger partial charge in [-0.1, -0.05) is 23.5 Å². The Kier molecular flexibility index (Phi) is 6.38. The zero-order valence-corrected chi connectivity index (χ0v) is 19.2. The number of sulfone groups is 1. The lowest BCUT2D eigenvalue weighted by Gasteiger charge is -2.29. The van der Waals surface area contributed by atoms with Gasteiger partial charge in [0, 0.05) is 38.0 Å². The number of aromatic nitrogens is 1. The van der Waals surface area contributed by atoms with Crippen molar-refractivity contribution in [1.82, 2.24) is 9.88 Å². The summed E-state index contributed by atoms with van der Waals surface area (Å²) in [4.78, 5) is 22.2. The lowest BCUT2D eigenvalue weighted by atomic mass is 10.2. The van der Waals surface area contributed by atoms with E-state index in [1.807, 2.05) is 19.1 Å². The van der Waals surface area contributed by atoms with Gasteiger partial charge >= 0.3 is 0 Å². The molecule has 0 bridgehead atoms. The van der Waals surface area contributed by atoms with Gasteiger partial charge in [-0.05, 0) is 42.8 Å². The maximum absolute atomic E-state index is 13.5. The fraction of sp³-hybridized carbons (Fsp3) is 0.364. The molecule has 0 spiro atoms. The zero-order valence-electron chi connectivity index (χ0n) is 17.6. The van der Waals surface area contributed by atoms with Crippen molar-refractivity contribution in [1.29, 1.82) is 0 Å². The van der Waals surface area contributed by atoms with Crippen molar-refractivity contribution < 1.29 is 17.9 Å². The van der Waals surface area contributed by atoms with Crippen LogP contribution in [0.5, 0.6) is 0 Å². The van der Waals surface area contributed by atoms with E-state index in [-0.39, 0.29) is 10.8 Å². The molecule has 31 heavy (non-hydrogen) atoms. The molecule has 164 valence electrons. The second kappa shape index (κ2) is 9.04. The normalized spacial score (nSPS) is 15.3. The van der Waals surface area contributed by atoms with Gasteiger partial charge in [0.2, 0.25) is 0 Å². The first-order valence-electron chi connectivity index (χ1n) is 10.1. The summed E-state index contributed by atoms with van der Waals surface area (Å²) in [5.41, 5.74) is 2.31. The molecule has 0 unspecified atom stereocenters. The first-order chi connectivity index (χ1) is 14.8. The number of morpholine rings is 1. The van der Waals surface area contributed by atoms with Crippen LogP contribution in [0.25, 0.3) is 10.2 Å². The Labute approximate surface area is 186 Å². The number of anilines is 1. The second-order valence-corrected chi connectivity index (χ2v) is 10.7. The Balaban J connectivity index is 1.67. The summed E-state index contributed by atoms with van der Waals surface area (Å²) in [6.07, 6.45) is 1.14. The van der Waals surface area contributed by atoms with E-state index < -0.39 is 9.84 Å². The molecule has 2 heterocycles. The van der Waals surface area contributed by atoms with Crippen LogP contribution in [0.3, 0.4) is 0 Å². The van der Waals surface area contributed by atoms with Crippen LogP contribution in [0.4, 0.5) is 5.13 Å². The van der Waals surface area contributed by atoms with Crippen LogP contribution in [0.1, 0.15) is 15.9 Å². The summed E-state index contributed by atoms with van der Waals surface area (Å²) >= 11 is 1.47. The van der Waals surface area contributed by atoms with E-state index >= 15 is 0 Å². The lowest BCUT2D eigenvalue weighted by molar-refractivity contribution is 0.0391. The number of thiazole rings is 1. The van der Waals surface area contributed by atoms with Crippen LogP contribution in [0.2, 0.25) is 0 Å². The van der Waals surface area contributed by atoms with Crippen LogP contribution < -0.4 is 4.90 Å². The number of fused-ring (bicyclic) bond motifs is 1. The average Bonchev–Trinajstić information content (AvgIpc) is 3.16. The molecule has 1 aliphatic heterocycles. The summed E-state index contributed by atoms with van der Waals surface area (Å²) in [6, 6.07) is 12.2. The predicted molar refractivity (Wildman–Crippen MR) is 123 cm³/mol. The third-order valence-corrected chi connectivity index (χ3v) is 7.41. The van der Waals surface area contributed by atoms with Crippen molar-refractivity contribution in [2.24, 2.45) is 0 Å². The first kappa shape index (κ1) is 21.9. The summed E-state index contributed by atoms with van der Waals surface area (Å²) in [7, 11) is -3.41. The summed E-state index contributed by atoms with van der Waals surface area (Å²) < 4.78 is 30.4. The molecule has 0 atom stereocenters. The number of benzene rings is 2. The van der Waals surface area contributed by atoms with E-state index in [4.69, 9.17) is 9.72 Å². The standard InChI is InChI=1S/C22H25N3O4S2/c1-16-6-7-19-20(14-16)30-22(23-19)25(9-8-24-10-12-29-13-11-24)21(26)17-4-3-5-18(15-17)31(2,27)28/h3-7,14-15H,8-13H2,1-2H3. The molecule has 0 aliphatic carbocycles. The number of carbonyl (C=O) groups is 1. The van der Waals surface area contributed by atoms with Gasteiger partial charge in [0.1, 0.15) is 0 Å². The van der Waals surface area contributed by atoms with E-state index in [0.717, 1.165) is 35.1 Å². The molecule has 0 saturated carbocycles. The molecular formula is C22H25N3O4S2. The molecule has 1 saturated heterocycles. The van der Waals surface area contributed by atoms with Crippen molar-refractivity contribution in [3.63, 3.8) is 0 Å². The van der Waals surface area contributed by atoms with Crippen LogP contribution in [0, 0.1) is 6.92 Å². The number of carbonyl (C=O) groups excluding carboxylic acids is 1. The predicted octanol–water partition coefficient (Wildman–Crippen LogP) is 2.99. The monoisotopic (exact) mass is 459 g/mol. The van der Waals surface area contributed by atoms with Gasteiger partial charge in [-0.15, -0.1) is 0 Å². The van der Waals surface area contributed by atoms with Gasteiger partial charge in [-0.2, -0.15) is 0 Å². The number of hydrogen-bond acceptors (Lipinski definition) is 7. The molecule has 1 amide bonds. The molecule has 4 rings (SSSR count). The van der Waals surface area contributed by atoms with Crippen LogP contribution in [-0.4, -0.2) is 69.9 Å². The third-order valence-electron chi connectivity index (χ3n) is 5.26. The number of ether oxygens (including phenoxy) is 1. The van der Waals surface area contributed by atoms with E-state index in [1.54, 1.807) is 17.0 Å². The topological polar surface area (TPSA) is 79.8 Å². The average molecular weight is 460 g/mol. The highest BCUT2D eigenvalue weighted by atomic mass is 32.2. The summed E-state index contributed by atoms with van der Waals surface area (Å²) in [5.74, 6) is -0.255. The van der Waals surface area contributed by atoms with Crippen molar-refractivity contribution in [2.45, 2.75) is 11.8 Å². The molecule has 1 aromatic heterocycles. The molecule has 0 N–H and O–H groups in total. The van der Waals surface area contributed by atoms with Gasteiger partial charge in [0.25, 0.3) is 5.91 Å². The van der Waals surface area contributed by atoms with Crippen molar-refractivity contribution in [3.8, 4) is 0 Å². The van der Waals surface area contributed by atoms with Gasteiger partial charge in [-0.3, -0.25) is 14.6 Å². The zero-order chi connectivity index (χ0) is 22.0. The molecule has 1 fully saturated rings. The van der Waals surface area contributed by atoms with E-state index in [9.17, 15) is 13.2 Å². The molecule has 7 nitrogen and oxygen atoms in total. The molecule has 1 aliphatic rings. The van der Waals surface area contributed by atoms with Crippen LogP contribution >= 0.6 is 11.3 Å². The van der Waals surface area contributed by atoms with Crippen molar-refractivity contribution in [3.05, 3.63) is 53.6 Å². The molecule has 2 aromatic carbocycles. The van der Waals surface area contributed by atoms with Crippen molar-refractivity contribution >= 4 is 42.4 Å². The summed E-state index contributed by atoms with van der Waals surface area (Å²) in [5, 5.41) is 0.614. The highest BCUT2D eigenvalue weighted by molar-refractivity contribution is 7.90. The number of rotatable bonds is 6. The quantitative estimate of drug-likeness (QED) is 0.564. The van der Waals surface area contributed by atoms with E-state index in [2.05, 4.69) is 11.0 Å². The molecule has 0 radical (unpaired) electrons. The van der Waals surface area contributed by atoms with E-state index in [0.29, 0.717) is 37.0 Å². The van der Waals surface area contributed by atoms with E-state index in [1.165, 1.54) is 23.5 Å². The number of nitrogens with zero attached hydrogens (tertiary/aromatic N) is 3. The minimum absolute atomic E-state index is 0.131. The molecule has 3 aromatic rings.